The minimum absolute atomic E-state index is 0.0740. The van der Waals surface area contributed by atoms with Crippen molar-refractivity contribution in [1.29, 1.82) is 0 Å². The zero-order valence-electron chi connectivity index (χ0n) is 13.5. The molecule has 7 nitrogen and oxygen atoms in total. The quantitative estimate of drug-likeness (QED) is 0.409. The number of aromatic nitrogens is 3. The predicted octanol–water partition coefficient (Wildman–Crippen LogP) is 3.87. The van der Waals surface area contributed by atoms with Gasteiger partial charge in [-0.3, -0.25) is 10.1 Å². The van der Waals surface area contributed by atoms with Crippen LogP contribution < -0.4 is 0 Å². The van der Waals surface area contributed by atoms with E-state index in [9.17, 15) is 15.2 Å². The lowest BCUT2D eigenvalue weighted by molar-refractivity contribution is -0.384. The van der Waals surface area contributed by atoms with Crippen molar-refractivity contribution >= 4 is 17.4 Å². The molecular weight excluding hydrogens is 340 g/mol. The molecule has 0 aliphatic heterocycles. The molecule has 0 spiro atoms. The number of nitro groups is 1. The Bertz CT molecular complexity index is 910. The normalized spacial score (nSPS) is 10.8. The van der Waals surface area contributed by atoms with Crippen LogP contribution in [-0.4, -0.2) is 24.8 Å². The Kier molecular flexibility index (Phi) is 4.99. The van der Waals surface area contributed by atoms with E-state index in [2.05, 4.69) is 10.2 Å². The minimum Gasteiger partial charge on any atom is -0.507 e. The van der Waals surface area contributed by atoms with Gasteiger partial charge in [-0.05, 0) is 24.6 Å². The van der Waals surface area contributed by atoms with E-state index >= 15 is 0 Å². The molecule has 128 valence electrons. The van der Waals surface area contributed by atoms with Gasteiger partial charge in [0.1, 0.15) is 5.75 Å². The van der Waals surface area contributed by atoms with Crippen LogP contribution in [-0.2, 0) is 12.3 Å². The van der Waals surface area contributed by atoms with Crippen LogP contribution in [0.5, 0.6) is 5.75 Å². The van der Waals surface area contributed by atoms with Crippen molar-refractivity contribution in [2.75, 3.05) is 0 Å². The molecule has 0 radical (unpaired) electrons. The highest BCUT2D eigenvalue weighted by molar-refractivity contribution is 7.98. The first-order valence-electron chi connectivity index (χ1n) is 7.68. The minimum atomic E-state index is -0.404. The molecule has 1 heterocycles. The molecule has 0 amide bonds. The lowest BCUT2D eigenvalue weighted by Gasteiger charge is -2.08. The van der Waals surface area contributed by atoms with Gasteiger partial charge in [0.25, 0.3) is 5.69 Å². The van der Waals surface area contributed by atoms with E-state index in [1.807, 2.05) is 23.6 Å². The largest absolute Gasteiger partial charge is 0.507 e. The Morgan fingerprint density at radius 1 is 1.20 bits per heavy atom. The molecule has 3 aromatic rings. The molecule has 2 aromatic carbocycles. The highest BCUT2D eigenvalue weighted by atomic mass is 32.2. The van der Waals surface area contributed by atoms with E-state index in [1.54, 1.807) is 30.3 Å². The first-order chi connectivity index (χ1) is 12.1. The fourth-order valence-electron chi connectivity index (χ4n) is 2.45. The molecule has 0 unspecified atom stereocenters. The number of hydrogen-bond acceptors (Lipinski definition) is 6. The highest BCUT2D eigenvalue weighted by Crippen LogP contribution is 2.31. The summed E-state index contributed by atoms with van der Waals surface area (Å²) in [6.45, 7) is 2.62. The van der Waals surface area contributed by atoms with Crippen LogP contribution in [0, 0.1) is 10.1 Å². The van der Waals surface area contributed by atoms with Gasteiger partial charge in [-0.25, -0.2) is 0 Å². The van der Waals surface area contributed by atoms with Gasteiger partial charge >= 0.3 is 0 Å². The fourth-order valence-corrected chi connectivity index (χ4v) is 3.40. The van der Waals surface area contributed by atoms with Gasteiger partial charge in [0.15, 0.2) is 11.0 Å². The number of thioether (sulfide) groups is 1. The average molecular weight is 356 g/mol. The molecule has 8 heteroatoms. The molecule has 0 atom stereocenters. The number of phenolic OH excluding ortho intramolecular Hbond substituents is 1. The van der Waals surface area contributed by atoms with Crippen LogP contribution in [0.2, 0.25) is 0 Å². The summed E-state index contributed by atoms with van der Waals surface area (Å²) in [5.74, 6) is 1.29. The number of para-hydroxylation sites is 1. The van der Waals surface area contributed by atoms with Crippen LogP contribution in [0.15, 0.2) is 53.7 Å². The summed E-state index contributed by atoms with van der Waals surface area (Å²) in [6.07, 6.45) is 0. The zero-order valence-corrected chi connectivity index (χ0v) is 14.3. The summed E-state index contributed by atoms with van der Waals surface area (Å²) in [4.78, 5) is 10.5. The van der Waals surface area contributed by atoms with Gasteiger partial charge in [-0.1, -0.05) is 36.0 Å². The SMILES string of the molecule is CCn1c(SCc2cccc([N+](=O)[O-])c2)nnc1-c1ccccc1O. The number of rotatable bonds is 6. The summed E-state index contributed by atoms with van der Waals surface area (Å²) in [5.41, 5.74) is 1.54. The van der Waals surface area contributed by atoms with Crippen molar-refractivity contribution in [3.8, 4) is 17.1 Å². The van der Waals surface area contributed by atoms with Gasteiger partial charge in [0, 0.05) is 24.4 Å². The summed E-state index contributed by atoms with van der Waals surface area (Å²) in [5, 5.41) is 30.0. The van der Waals surface area contributed by atoms with Gasteiger partial charge in [0.05, 0.1) is 10.5 Å². The summed E-state index contributed by atoms with van der Waals surface area (Å²) >= 11 is 1.45. The summed E-state index contributed by atoms with van der Waals surface area (Å²) in [7, 11) is 0. The number of aromatic hydroxyl groups is 1. The molecule has 0 bridgehead atoms. The molecule has 1 N–H and O–H groups in total. The van der Waals surface area contributed by atoms with Crippen molar-refractivity contribution in [3.63, 3.8) is 0 Å². The monoisotopic (exact) mass is 356 g/mol. The van der Waals surface area contributed by atoms with E-state index in [0.717, 1.165) is 5.56 Å². The van der Waals surface area contributed by atoms with E-state index in [0.29, 0.717) is 28.8 Å². The molecular formula is C17H16N4O3S. The van der Waals surface area contributed by atoms with E-state index in [4.69, 9.17) is 0 Å². The number of hydrogen-bond donors (Lipinski definition) is 1. The topological polar surface area (TPSA) is 94.1 Å². The predicted molar refractivity (Wildman–Crippen MR) is 95.5 cm³/mol. The van der Waals surface area contributed by atoms with Crippen molar-refractivity contribution in [2.24, 2.45) is 0 Å². The molecule has 25 heavy (non-hydrogen) atoms. The Balaban J connectivity index is 1.83. The van der Waals surface area contributed by atoms with Crippen LogP contribution in [0.1, 0.15) is 12.5 Å². The number of nitro benzene ring substituents is 1. The number of non-ortho nitro benzene ring substituents is 1. The summed E-state index contributed by atoms with van der Waals surface area (Å²) < 4.78 is 1.91. The molecule has 0 aliphatic carbocycles. The van der Waals surface area contributed by atoms with Crippen molar-refractivity contribution in [2.45, 2.75) is 24.4 Å². The van der Waals surface area contributed by atoms with Crippen molar-refractivity contribution < 1.29 is 10.0 Å². The average Bonchev–Trinajstić information content (AvgIpc) is 3.03. The first-order valence-corrected chi connectivity index (χ1v) is 8.66. The van der Waals surface area contributed by atoms with Gasteiger partial charge in [-0.2, -0.15) is 0 Å². The molecule has 0 saturated carbocycles. The van der Waals surface area contributed by atoms with Gasteiger partial charge < -0.3 is 9.67 Å². The van der Waals surface area contributed by atoms with E-state index in [-0.39, 0.29) is 11.4 Å². The van der Waals surface area contributed by atoms with E-state index < -0.39 is 4.92 Å². The maximum atomic E-state index is 10.9. The Morgan fingerprint density at radius 3 is 2.72 bits per heavy atom. The second kappa shape index (κ2) is 7.35. The Hall–Kier alpha value is -2.87. The second-order valence-corrected chi connectivity index (χ2v) is 6.23. The smallest absolute Gasteiger partial charge is 0.269 e. The second-order valence-electron chi connectivity index (χ2n) is 5.28. The zero-order chi connectivity index (χ0) is 17.8. The molecule has 0 aliphatic rings. The van der Waals surface area contributed by atoms with Crippen molar-refractivity contribution in [3.05, 3.63) is 64.2 Å². The molecule has 0 fully saturated rings. The maximum Gasteiger partial charge on any atom is 0.269 e. The molecule has 3 rings (SSSR count). The lowest BCUT2D eigenvalue weighted by atomic mass is 10.2. The van der Waals surface area contributed by atoms with Crippen LogP contribution in [0.25, 0.3) is 11.4 Å². The Labute approximate surface area is 148 Å². The highest BCUT2D eigenvalue weighted by Gasteiger charge is 2.16. The third-order valence-electron chi connectivity index (χ3n) is 3.67. The van der Waals surface area contributed by atoms with Crippen LogP contribution in [0.3, 0.4) is 0 Å². The number of phenols is 1. The summed E-state index contributed by atoms with van der Waals surface area (Å²) in [6, 6.07) is 13.5. The molecule has 1 aromatic heterocycles. The third-order valence-corrected chi connectivity index (χ3v) is 4.71. The fraction of sp³-hybridized carbons (Fsp3) is 0.176. The maximum absolute atomic E-state index is 10.9. The lowest BCUT2D eigenvalue weighted by Crippen LogP contribution is -2.00. The third kappa shape index (κ3) is 3.63. The molecule has 0 saturated heterocycles. The first kappa shape index (κ1) is 17.0. The van der Waals surface area contributed by atoms with Crippen LogP contribution in [0.4, 0.5) is 5.69 Å². The van der Waals surface area contributed by atoms with Crippen LogP contribution >= 0.6 is 11.8 Å². The van der Waals surface area contributed by atoms with Gasteiger partial charge in [0.2, 0.25) is 0 Å². The Morgan fingerprint density at radius 2 is 2.00 bits per heavy atom. The number of benzene rings is 2. The number of nitrogens with zero attached hydrogens (tertiary/aromatic N) is 4. The van der Waals surface area contributed by atoms with Crippen molar-refractivity contribution in [1.82, 2.24) is 14.8 Å². The van der Waals surface area contributed by atoms with E-state index in [1.165, 1.54) is 17.8 Å². The standard InChI is InChI=1S/C17H16N4O3S/c1-2-20-16(14-8-3-4-9-15(14)22)18-19-17(20)25-11-12-6-5-7-13(10-12)21(23)24/h3-10,22H,2,11H2,1H3. The van der Waals surface area contributed by atoms with Gasteiger partial charge in [-0.15, -0.1) is 10.2 Å².